The predicted molar refractivity (Wildman–Crippen MR) is 79.6 cm³/mol. The molecule has 0 aliphatic carbocycles. The van der Waals surface area contributed by atoms with Crippen molar-refractivity contribution in [1.29, 1.82) is 5.26 Å². The smallest absolute Gasteiger partial charge is 0.321 e. The molecule has 6 heteroatoms. The number of nitrogens with zero attached hydrogens (tertiary/aromatic N) is 4. The minimum Gasteiger partial charge on any atom is -0.323 e. The second kappa shape index (κ2) is 6.09. The zero-order valence-corrected chi connectivity index (χ0v) is 12.3. The van der Waals surface area contributed by atoms with Crippen LogP contribution in [-0.4, -0.2) is 27.8 Å². The molecule has 0 bridgehead atoms. The van der Waals surface area contributed by atoms with Gasteiger partial charge in [0.25, 0.3) is 0 Å². The lowest BCUT2D eigenvalue weighted by Gasteiger charge is -2.18. The van der Waals surface area contributed by atoms with Crippen molar-refractivity contribution in [2.45, 2.75) is 13.5 Å². The van der Waals surface area contributed by atoms with Gasteiger partial charge in [-0.05, 0) is 24.6 Å². The van der Waals surface area contributed by atoms with E-state index < -0.39 is 0 Å². The largest absolute Gasteiger partial charge is 0.323 e. The number of hydrogen-bond donors (Lipinski definition) is 1. The Bertz CT molecular complexity index is 698. The average Bonchev–Trinajstić information content (AvgIpc) is 2.86. The number of aromatic nitrogens is 2. The molecule has 0 saturated heterocycles. The van der Waals surface area contributed by atoms with Crippen LogP contribution >= 0.6 is 0 Å². The summed E-state index contributed by atoms with van der Waals surface area (Å²) in [5.41, 5.74) is 3.04. The summed E-state index contributed by atoms with van der Waals surface area (Å²) < 4.78 is 1.70. The zero-order valence-electron chi connectivity index (χ0n) is 12.3. The number of carbonyl (C=O) groups is 1. The third-order valence-corrected chi connectivity index (χ3v) is 3.13. The van der Waals surface area contributed by atoms with Gasteiger partial charge in [-0.3, -0.25) is 4.68 Å². The normalized spacial score (nSPS) is 10.0. The van der Waals surface area contributed by atoms with Crippen LogP contribution < -0.4 is 5.32 Å². The molecule has 0 fully saturated rings. The number of nitriles is 1. The molecule has 1 heterocycles. The van der Waals surface area contributed by atoms with Crippen molar-refractivity contribution < 1.29 is 4.79 Å². The number of urea groups is 1. The summed E-state index contributed by atoms with van der Waals surface area (Å²) in [4.78, 5) is 13.7. The summed E-state index contributed by atoms with van der Waals surface area (Å²) >= 11 is 0. The quantitative estimate of drug-likeness (QED) is 0.939. The molecule has 21 heavy (non-hydrogen) atoms. The van der Waals surface area contributed by atoms with Gasteiger partial charge in [-0.1, -0.05) is 6.07 Å². The van der Waals surface area contributed by atoms with Crippen molar-refractivity contribution in [1.82, 2.24) is 14.7 Å². The van der Waals surface area contributed by atoms with E-state index in [1.165, 1.54) is 0 Å². The molecule has 1 N–H and O–H groups in total. The van der Waals surface area contributed by atoms with Crippen LogP contribution in [-0.2, 0) is 13.6 Å². The summed E-state index contributed by atoms with van der Waals surface area (Å²) in [5, 5.41) is 15.8. The first-order chi connectivity index (χ1) is 9.99. The van der Waals surface area contributed by atoms with Gasteiger partial charge in [0, 0.05) is 31.5 Å². The molecule has 2 amide bonds. The molecule has 6 nitrogen and oxygen atoms in total. The molecule has 0 aliphatic heterocycles. The summed E-state index contributed by atoms with van der Waals surface area (Å²) in [7, 11) is 3.55. The first kappa shape index (κ1) is 14.6. The fourth-order valence-electron chi connectivity index (χ4n) is 1.94. The lowest BCUT2D eigenvalue weighted by molar-refractivity contribution is 0.220. The Morgan fingerprint density at radius 2 is 2.29 bits per heavy atom. The SMILES string of the molecule is Cc1ccc(C#N)cc1NC(=O)N(C)Cc1cnn(C)c1. The topological polar surface area (TPSA) is 74.0 Å². The van der Waals surface area contributed by atoms with Gasteiger partial charge in [0.2, 0.25) is 0 Å². The number of aryl methyl sites for hydroxylation is 2. The number of rotatable bonds is 3. The van der Waals surface area contributed by atoms with Crippen molar-refractivity contribution in [3.05, 3.63) is 47.3 Å². The summed E-state index contributed by atoms with van der Waals surface area (Å²) in [6, 6.07) is 7.05. The van der Waals surface area contributed by atoms with Crippen LogP contribution in [0, 0.1) is 18.3 Å². The molecule has 0 radical (unpaired) electrons. The minimum absolute atomic E-state index is 0.225. The Labute approximate surface area is 123 Å². The van der Waals surface area contributed by atoms with Crippen LogP contribution in [0.5, 0.6) is 0 Å². The monoisotopic (exact) mass is 283 g/mol. The molecular formula is C15H17N5O. The highest BCUT2D eigenvalue weighted by Gasteiger charge is 2.12. The van der Waals surface area contributed by atoms with Crippen molar-refractivity contribution in [2.75, 3.05) is 12.4 Å². The third-order valence-electron chi connectivity index (χ3n) is 3.13. The lowest BCUT2D eigenvalue weighted by Crippen LogP contribution is -2.31. The van der Waals surface area contributed by atoms with Gasteiger partial charge < -0.3 is 10.2 Å². The van der Waals surface area contributed by atoms with E-state index in [4.69, 9.17) is 5.26 Å². The highest BCUT2D eigenvalue weighted by atomic mass is 16.2. The van der Waals surface area contributed by atoms with Crippen molar-refractivity contribution in [3.8, 4) is 6.07 Å². The molecule has 1 aromatic carbocycles. The van der Waals surface area contributed by atoms with Crippen LogP contribution in [0.15, 0.2) is 30.6 Å². The van der Waals surface area contributed by atoms with Gasteiger partial charge in [-0.25, -0.2) is 4.79 Å². The standard InChI is InChI=1S/C15H17N5O/c1-11-4-5-12(7-16)6-14(11)18-15(21)19(2)9-13-8-17-20(3)10-13/h4-6,8,10H,9H2,1-3H3,(H,18,21). The number of anilines is 1. The van der Waals surface area contributed by atoms with Crippen LogP contribution in [0.3, 0.4) is 0 Å². The Morgan fingerprint density at radius 3 is 2.90 bits per heavy atom. The molecule has 0 saturated carbocycles. The van der Waals surface area contributed by atoms with E-state index in [1.54, 1.807) is 35.0 Å². The van der Waals surface area contributed by atoms with Crippen molar-refractivity contribution >= 4 is 11.7 Å². The second-order valence-electron chi connectivity index (χ2n) is 4.95. The molecule has 0 atom stereocenters. The first-order valence-corrected chi connectivity index (χ1v) is 6.50. The maximum atomic E-state index is 12.2. The predicted octanol–water partition coefficient (Wildman–Crippen LogP) is 2.26. The molecule has 2 aromatic rings. The molecular weight excluding hydrogens is 266 g/mol. The fourth-order valence-corrected chi connectivity index (χ4v) is 1.94. The number of benzene rings is 1. The van der Waals surface area contributed by atoms with Crippen molar-refractivity contribution in [3.63, 3.8) is 0 Å². The van der Waals surface area contributed by atoms with Gasteiger partial charge in [0.05, 0.1) is 24.4 Å². The third kappa shape index (κ3) is 3.60. The molecule has 0 aliphatic rings. The van der Waals surface area contributed by atoms with Crippen LogP contribution in [0.2, 0.25) is 0 Å². The summed E-state index contributed by atoms with van der Waals surface area (Å²) in [6.45, 7) is 2.36. The Balaban J connectivity index is 2.05. The van der Waals surface area contributed by atoms with Crippen LogP contribution in [0.4, 0.5) is 10.5 Å². The molecule has 1 aromatic heterocycles. The maximum Gasteiger partial charge on any atom is 0.321 e. The fraction of sp³-hybridized carbons (Fsp3) is 0.267. The van der Waals surface area contributed by atoms with Gasteiger partial charge in [-0.2, -0.15) is 10.4 Å². The van der Waals surface area contributed by atoms with E-state index in [-0.39, 0.29) is 6.03 Å². The van der Waals surface area contributed by atoms with E-state index in [0.717, 1.165) is 11.1 Å². The summed E-state index contributed by atoms with van der Waals surface area (Å²) in [5.74, 6) is 0. The number of amides is 2. The number of hydrogen-bond acceptors (Lipinski definition) is 3. The number of carbonyl (C=O) groups excluding carboxylic acids is 1. The first-order valence-electron chi connectivity index (χ1n) is 6.50. The molecule has 0 unspecified atom stereocenters. The Morgan fingerprint density at radius 1 is 1.52 bits per heavy atom. The second-order valence-corrected chi connectivity index (χ2v) is 4.95. The van der Waals surface area contributed by atoms with Gasteiger partial charge in [0.1, 0.15) is 0 Å². The van der Waals surface area contributed by atoms with E-state index in [9.17, 15) is 4.79 Å². The Hall–Kier alpha value is -2.81. The Kier molecular flexibility index (Phi) is 4.24. The number of nitrogens with one attached hydrogen (secondary N) is 1. The molecule has 108 valence electrons. The van der Waals surface area contributed by atoms with E-state index in [1.807, 2.05) is 26.2 Å². The zero-order chi connectivity index (χ0) is 15.4. The van der Waals surface area contributed by atoms with Crippen LogP contribution in [0.1, 0.15) is 16.7 Å². The summed E-state index contributed by atoms with van der Waals surface area (Å²) in [6.07, 6.45) is 3.59. The highest BCUT2D eigenvalue weighted by molar-refractivity contribution is 5.90. The van der Waals surface area contributed by atoms with E-state index in [2.05, 4.69) is 16.5 Å². The minimum atomic E-state index is -0.225. The molecule has 2 rings (SSSR count). The van der Waals surface area contributed by atoms with E-state index in [0.29, 0.717) is 17.8 Å². The average molecular weight is 283 g/mol. The van der Waals surface area contributed by atoms with Gasteiger partial charge in [0.15, 0.2) is 0 Å². The maximum absolute atomic E-state index is 12.2. The molecule has 0 spiro atoms. The van der Waals surface area contributed by atoms with Crippen LogP contribution in [0.25, 0.3) is 0 Å². The van der Waals surface area contributed by atoms with Gasteiger partial charge >= 0.3 is 6.03 Å². The van der Waals surface area contributed by atoms with E-state index >= 15 is 0 Å². The highest BCUT2D eigenvalue weighted by Crippen LogP contribution is 2.17. The van der Waals surface area contributed by atoms with Gasteiger partial charge in [-0.15, -0.1) is 0 Å². The lowest BCUT2D eigenvalue weighted by atomic mass is 10.1. The van der Waals surface area contributed by atoms with Crippen molar-refractivity contribution in [2.24, 2.45) is 7.05 Å².